The molecular formula is C28H31N3O3S. The van der Waals surface area contributed by atoms with Gasteiger partial charge in [-0.05, 0) is 29.2 Å². The third kappa shape index (κ3) is 4.50. The van der Waals surface area contributed by atoms with Crippen LogP contribution in [-0.2, 0) is 0 Å². The molecular weight excluding hydrogens is 458 g/mol. The number of nitrogens with zero attached hydrogens (tertiary/aromatic N) is 2. The minimum Gasteiger partial charge on any atom is -0.467 e. The summed E-state index contributed by atoms with van der Waals surface area (Å²) >= 11 is 1.61. The second kappa shape index (κ2) is 9.55. The van der Waals surface area contributed by atoms with Crippen molar-refractivity contribution in [1.82, 2.24) is 15.2 Å². The highest BCUT2D eigenvalue weighted by Gasteiger charge is 2.45. The van der Waals surface area contributed by atoms with Gasteiger partial charge < -0.3 is 15.0 Å². The standard InChI is InChI=1S/C28H31N3O3S/c1-18(2)22(26-16-30-17-35-26)15-24(32)20-6-4-19(5-7-20)21-8-9-25-23(14-21)27(33)31(3)28(34-25)10-12-29-13-11-28/h4-9,14,16-18,22,29H,10-13,15H2,1-3H3. The van der Waals surface area contributed by atoms with E-state index in [1.165, 1.54) is 0 Å². The van der Waals surface area contributed by atoms with Crippen LogP contribution in [0, 0.1) is 5.92 Å². The maximum atomic E-state index is 13.2. The first kappa shape index (κ1) is 23.7. The maximum Gasteiger partial charge on any atom is 0.260 e. The summed E-state index contributed by atoms with van der Waals surface area (Å²) in [4.78, 5) is 33.4. The number of rotatable bonds is 6. The van der Waals surface area contributed by atoms with Gasteiger partial charge in [0, 0.05) is 62.0 Å². The summed E-state index contributed by atoms with van der Waals surface area (Å²) in [5.41, 5.74) is 4.44. The number of ketones is 1. The van der Waals surface area contributed by atoms with Gasteiger partial charge in [-0.3, -0.25) is 14.6 Å². The van der Waals surface area contributed by atoms with Crippen LogP contribution in [0.1, 0.15) is 64.6 Å². The van der Waals surface area contributed by atoms with Gasteiger partial charge in [0.2, 0.25) is 0 Å². The number of carbonyl (C=O) groups is 2. The van der Waals surface area contributed by atoms with Gasteiger partial charge >= 0.3 is 0 Å². The Morgan fingerprint density at radius 2 is 1.86 bits per heavy atom. The van der Waals surface area contributed by atoms with Crippen molar-refractivity contribution in [2.24, 2.45) is 5.92 Å². The second-order valence-electron chi connectivity index (χ2n) is 9.83. The lowest BCUT2D eigenvalue weighted by atomic mass is 9.87. The van der Waals surface area contributed by atoms with Gasteiger partial charge in [-0.2, -0.15) is 0 Å². The lowest BCUT2D eigenvalue weighted by Gasteiger charge is -2.47. The van der Waals surface area contributed by atoms with Gasteiger partial charge in [0.05, 0.1) is 11.1 Å². The molecule has 1 saturated heterocycles. The van der Waals surface area contributed by atoms with Gasteiger partial charge in [-0.25, -0.2) is 0 Å². The number of hydrogen-bond acceptors (Lipinski definition) is 6. The highest BCUT2D eigenvalue weighted by atomic mass is 32.1. The van der Waals surface area contributed by atoms with Gasteiger partial charge in [0.15, 0.2) is 11.5 Å². The van der Waals surface area contributed by atoms with E-state index in [1.807, 2.05) is 61.2 Å². The molecule has 1 fully saturated rings. The molecule has 1 unspecified atom stereocenters. The highest BCUT2D eigenvalue weighted by Crippen LogP contribution is 2.39. The number of benzene rings is 2. The van der Waals surface area contributed by atoms with E-state index in [2.05, 4.69) is 24.1 Å². The van der Waals surface area contributed by atoms with Crippen molar-refractivity contribution in [3.63, 3.8) is 0 Å². The van der Waals surface area contributed by atoms with E-state index in [0.717, 1.165) is 41.9 Å². The number of ether oxygens (including phenoxy) is 1. The first-order chi connectivity index (χ1) is 16.9. The van der Waals surface area contributed by atoms with Crippen molar-refractivity contribution in [2.45, 2.75) is 44.8 Å². The largest absolute Gasteiger partial charge is 0.467 e. The Hall–Kier alpha value is -3.03. The first-order valence-electron chi connectivity index (χ1n) is 12.2. The SMILES string of the molecule is CC(C)C(CC(=O)c1ccc(-c2ccc3c(c2)C(=O)N(C)C2(CCNCC2)O3)cc1)c1cncs1. The van der Waals surface area contributed by atoms with Crippen molar-refractivity contribution < 1.29 is 14.3 Å². The maximum absolute atomic E-state index is 13.2. The normalized spacial score (nSPS) is 17.8. The number of nitrogens with one attached hydrogen (secondary N) is 1. The molecule has 1 aromatic heterocycles. The fraction of sp³-hybridized carbons (Fsp3) is 0.393. The van der Waals surface area contributed by atoms with Crippen LogP contribution in [0.2, 0.25) is 0 Å². The van der Waals surface area contributed by atoms with Crippen LogP contribution in [-0.4, -0.2) is 47.4 Å². The Morgan fingerprint density at radius 1 is 1.14 bits per heavy atom. The van der Waals surface area contributed by atoms with Gasteiger partial charge in [0.1, 0.15) is 5.75 Å². The summed E-state index contributed by atoms with van der Waals surface area (Å²) in [5.74, 6) is 1.29. The summed E-state index contributed by atoms with van der Waals surface area (Å²) in [6.45, 7) is 5.95. The molecule has 0 aliphatic carbocycles. The van der Waals surface area contributed by atoms with E-state index in [1.54, 1.807) is 16.2 Å². The summed E-state index contributed by atoms with van der Waals surface area (Å²) in [6.07, 6.45) is 3.88. The molecule has 2 aromatic carbocycles. The quantitative estimate of drug-likeness (QED) is 0.472. The average molecular weight is 490 g/mol. The van der Waals surface area contributed by atoms with Crippen LogP contribution in [0.25, 0.3) is 11.1 Å². The molecule has 6 nitrogen and oxygen atoms in total. The smallest absolute Gasteiger partial charge is 0.260 e. The molecule has 0 saturated carbocycles. The Labute approximate surface area is 210 Å². The van der Waals surface area contributed by atoms with Crippen molar-refractivity contribution in [2.75, 3.05) is 20.1 Å². The Morgan fingerprint density at radius 3 is 2.51 bits per heavy atom. The molecule has 1 spiro atoms. The molecule has 1 atom stereocenters. The molecule has 5 rings (SSSR count). The molecule has 1 N–H and O–H groups in total. The summed E-state index contributed by atoms with van der Waals surface area (Å²) < 4.78 is 6.39. The number of piperidine rings is 1. The number of aromatic nitrogens is 1. The van der Waals surface area contributed by atoms with Crippen LogP contribution >= 0.6 is 11.3 Å². The molecule has 3 aromatic rings. The molecule has 2 aliphatic heterocycles. The van der Waals surface area contributed by atoms with Crippen LogP contribution < -0.4 is 10.1 Å². The number of carbonyl (C=O) groups excluding carboxylic acids is 2. The monoisotopic (exact) mass is 489 g/mol. The lowest BCUT2D eigenvalue weighted by molar-refractivity contribution is -0.0831. The molecule has 0 radical (unpaired) electrons. The fourth-order valence-electron chi connectivity index (χ4n) is 5.10. The first-order valence-corrected chi connectivity index (χ1v) is 13.1. The average Bonchev–Trinajstić information content (AvgIpc) is 3.41. The fourth-order valence-corrected chi connectivity index (χ4v) is 5.99. The van der Waals surface area contributed by atoms with Crippen LogP contribution in [0.15, 0.2) is 54.2 Å². The van der Waals surface area contributed by atoms with E-state index in [9.17, 15) is 9.59 Å². The number of fused-ring (bicyclic) bond motifs is 1. The minimum absolute atomic E-state index is 0.00964. The van der Waals surface area contributed by atoms with Crippen LogP contribution in [0.3, 0.4) is 0 Å². The minimum atomic E-state index is -0.564. The zero-order valence-electron chi connectivity index (χ0n) is 20.4. The third-order valence-electron chi connectivity index (χ3n) is 7.38. The number of amides is 1. The van der Waals surface area contributed by atoms with E-state index in [4.69, 9.17) is 4.74 Å². The van der Waals surface area contributed by atoms with Crippen LogP contribution in [0.4, 0.5) is 0 Å². The summed E-state index contributed by atoms with van der Waals surface area (Å²) in [6, 6.07) is 13.5. The number of thiazole rings is 1. The van der Waals surface area contributed by atoms with E-state index in [-0.39, 0.29) is 17.6 Å². The van der Waals surface area contributed by atoms with E-state index in [0.29, 0.717) is 29.2 Å². The Bertz CT molecular complexity index is 1210. The predicted molar refractivity (Wildman–Crippen MR) is 138 cm³/mol. The van der Waals surface area contributed by atoms with Crippen molar-refractivity contribution in [3.8, 4) is 16.9 Å². The molecule has 3 heterocycles. The molecule has 7 heteroatoms. The van der Waals surface area contributed by atoms with Gasteiger partial charge in [0.25, 0.3) is 5.91 Å². The van der Waals surface area contributed by atoms with Gasteiger partial charge in [-0.15, -0.1) is 11.3 Å². The van der Waals surface area contributed by atoms with Gasteiger partial charge in [-0.1, -0.05) is 44.2 Å². The second-order valence-corrected chi connectivity index (χ2v) is 10.8. The highest BCUT2D eigenvalue weighted by molar-refractivity contribution is 7.09. The summed E-state index contributed by atoms with van der Waals surface area (Å²) in [5, 5.41) is 3.34. The van der Waals surface area contributed by atoms with E-state index >= 15 is 0 Å². The van der Waals surface area contributed by atoms with E-state index < -0.39 is 5.72 Å². The zero-order chi connectivity index (χ0) is 24.6. The topological polar surface area (TPSA) is 71.5 Å². The van der Waals surface area contributed by atoms with Crippen molar-refractivity contribution >= 4 is 23.0 Å². The Balaban J connectivity index is 1.35. The summed E-state index contributed by atoms with van der Waals surface area (Å²) in [7, 11) is 1.83. The number of Topliss-reactive ketones (excluding diaryl/α,β-unsaturated/α-hetero) is 1. The number of hydrogen-bond donors (Lipinski definition) is 1. The molecule has 2 aliphatic rings. The molecule has 182 valence electrons. The zero-order valence-corrected chi connectivity index (χ0v) is 21.2. The molecule has 0 bridgehead atoms. The van der Waals surface area contributed by atoms with Crippen molar-refractivity contribution in [3.05, 3.63) is 70.2 Å². The Kier molecular flexibility index (Phi) is 6.47. The third-order valence-corrected chi connectivity index (χ3v) is 8.29. The molecule has 1 amide bonds. The van der Waals surface area contributed by atoms with Crippen LogP contribution in [0.5, 0.6) is 5.75 Å². The molecule has 35 heavy (non-hydrogen) atoms. The predicted octanol–water partition coefficient (Wildman–Crippen LogP) is 5.37. The lowest BCUT2D eigenvalue weighted by Crippen LogP contribution is -2.61. The van der Waals surface area contributed by atoms with Crippen molar-refractivity contribution in [1.29, 1.82) is 0 Å².